The van der Waals surface area contributed by atoms with Crippen molar-refractivity contribution in [3.63, 3.8) is 0 Å². The van der Waals surface area contributed by atoms with Crippen LogP contribution in [0.25, 0.3) is 0 Å². The van der Waals surface area contributed by atoms with Crippen LogP contribution < -0.4 is 0 Å². The van der Waals surface area contributed by atoms with E-state index in [0.29, 0.717) is 0 Å². The first-order valence-corrected chi connectivity index (χ1v) is 5.32. The number of Topliss-reactive ketones (excluding diaryl/α,β-unsaturated/α-hetero) is 1. The Balaban J connectivity index is 2.43. The Bertz CT molecular complexity index is 528. The summed E-state index contributed by atoms with van der Waals surface area (Å²) >= 11 is 0. The van der Waals surface area contributed by atoms with Crippen LogP contribution in [-0.4, -0.2) is 5.78 Å². The molecule has 2 aromatic carbocycles. The van der Waals surface area contributed by atoms with Gasteiger partial charge in [0.1, 0.15) is 0 Å². The van der Waals surface area contributed by atoms with E-state index < -0.39 is 11.6 Å². The molecular weight excluding hydrogens is 238 g/mol. The molecule has 18 heavy (non-hydrogen) atoms. The zero-order valence-corrected chi connectivity index (χ0v) is 9.35. The van der Waals surface area contributed by atoms with Crippen LogP contribution in [0.4, 0.5) is 8.92 Å². The lowest BCUT2D eigenvalue weighted by atomic mass is 9.98. The zero-order chi connectivity index (χ0) is 13.0. The Kier molecular flexibility index (Phi) is 3.48. The molecule has 0 bridgehead atoms. The fraction of sp³-hybridized carbons (Fsp3) is 0.0714. The molecular formula is C14H10F2O2. The van der Waals surface area contributed by atoms with Gasteiger partial charge in [0.25, 0.3) is 0 Å². The molecule has 1 atom stereocenters. The molecule has 2 nitrogen and oxygen atoms in total. The van der Waals surface area contributed by atoms with Gasteiger partial charge in [0, 0.05) is 11.1 Å². The van der Waals surface area contributed by atoms with Crippen LogP contribution in [0.1, 0.15) is 15.9 Å². The predicted molar refractivity (Wildman–Crippen MR) is 62.2 cm³/mol. The van der Waals surface area contributed by atoms with Gasteiger partial charge in [-0.1, -0.05) is 60.7 Å². The van der Waals surface area contributed by atoms with E-state index in [4.69, 9.17) is 0 Å². The number of halogens is 2. The van der Waals surface area contributed by atoms with E-state index in [1.165, 1.54) is 36.4 Å². The molecule has 0 fully saturated rings. The van der Waals surface area contributed by atoms with E-state index in [0.717, 1.165) is 0 Å². The van der Waals surface area contributed by atoms with E-state index in [1.807, 2.05) is 0 Å². The normalized spacial score (nSPS) is 13.9. The van der Waals surface area contributed by atoms with Gasteiger partial charge in [-0.25, -0.2) is 0 Å². The number of rotatable bonds is 4. The van der Waals surface area contributed by atoms with E-state index in [9.17, 15) is 13.7 Å². The molecule has 2 rings (SSSR count). The second kappa shape index (κ2) is 5.06. The monoisotopic (exact) mass is 248 g/mol. The van der Waals surface area contributed by atoms with Crippen LogP contribution in [0, 0.1) is 0 Å². The zero-order valence-electron chi connectivity index (χ0n) is 9.35. The molecule has 1 unspecified atom stereocenters. The minimum absolute atomic E-state index is 0.0431. The van der Waals surface area contributed by atoms with Crippen molar-refractivity contribution in [1.29, 1.82) is 0 Å². The Hall–Kier alpha value is -2.07. The van der Waals surface area contributed by atoms with Gasteiger partial charge in [0.05, 0.1) is 0 Å². The molecule has 0 radical (unpaired) electrons. The Morgan fingerprint density at radius 2 is 1.44 bits per heavy atom. The maximum atomic E-state index is 14.4. The van der Waals surface area contributed by atoms with Crippen molar-refractivity contribution in [2.75, 3.05) is 0 Å². The highest BCUT2D eigenvalue weighted by atomic mass is 19.3. The highest BCUT2D eigenvalue weighted by Gasteiger charge is 2.44. The minimum Gasteiger partial charge on any atom is -0.287 e. The summed E-state index contributed by atoms with van der Waals surface area (Å²) in [7, 11) is 0. The highest BCUT2D eigenvalue weighted by Crippen LogP contribution is 2.31. The Labute approximate surface area is 103 Å². The van der Waals surface area contributed by atoms with Crippen molar-refractivity contribution in [3.8, 4) is 0 Å². The summed E-state index contributed by atoms with van der Waals surface area (Å²) < 4.78 is 27.0. The molecule has 0 saturated carbocycles. The number of carbonyl (C=O) groups is 1. The second-order valence-corrected chi connectivity index (χ2v) is 3.73. The van der Waals surface area contributed by atoms with Crippen molar-refractivity contribution >= 4 is 5.78 Å². The number of benzene rings is 2. The Morgan fingerprint density at radius 1 is 0.944 bits per heavy atom. The summed E-state index contributed by atoms with van der Waals surface area (Å²) in [6.07, 6.45) is 0. The second-order valence-electron chi connectivity index (χ2n) is 3.73. The topological polar surface area (TPSA) is 26.3 Å². The van der Waals surface area contributed by atoms with Gasteiger partial charge < -0.3 is 0 Å². The average molecular weight is 248 g/mol. The van der Waals surface area contributed by atoms with Crippen LogP contribution in [0.2, 0.25) is 0 Å². The standard InChI is InChI=1S/C14H10F2O2/c15-14(18-16,12-9-5-2-6-10-12)13(17)11-7-3-1-4-8-11/h1-10H. The summed E-state index contributed by atoms with van der Waals surface area (Å²) in [5, 5.41) is 0. The molecule has 0 heterocycles. The molecule has 4 heteroatoms. The Morgan fingerprint density at radius 3 is 1.94 bits per heavy atom. The molecule has 0 saturated heterocycles. The molecule has 92 valence electrons. The van der Waals surface area contributed by atoms with E-state index in [2.05, 4.69) is 4.94 Å². The summed E-state index contributed by atoms with van der Waals surface area (Å²) in [4.78, 5) is 15.3. The van der Waals surface area contributed by atoms with E-state index >= 15 is 0 Å². The number of ketones is 1. The van der Waals surface area contributed by atoms with Crippen molar-refractivity contribution < 1.29 is 18.7 Å². The minimum atomic E-state index is -3.11. The lowest BCUT2D eigenvalue weighted by Crippen LogP contribution is -2.32. The summed E-state index contributed by atoms with van der Waals surface area (Å²) in [6.45, 7) is 0. The molecule has 0 aliphatic carbocycles. The fourth-order valence-corrected chi connectivity index (χ4v) is 1.64. The van der Waals surface area contributed by atoms with Gasteiger partial charge in [-0.2, -0.15) is 4.39 Å². The molecule has 0 amide bonds. The lowest BCUT2D eigenvalue weighted by Gasteiger charge is -2.19. The number of alkyl halides is 1. The number of hydrogen-bond donors (Lipinski definition) is 0. The first-order chi connectivity index (χ1) is 8.68. The predicted octanol–water partition coefficient (Wildman–Crippen LogP) is 3.59. The maximum absolute atomic E-state index is 14.4. The molecule has 0 aromatic heterocycles. The van der Waals surface area contributed by atoms with E-state index in [1.54, 1.807) is 24.3 Å². The smallest absolute Gasteiger partial charge is 0.287 e. The maximum Gasteiger partial charge on any atom is 0.333 e. The number of carbonyl (C=O) groups excluding carboxylic acids is 1. The third-order valence-corrected chi connectivity index (χ3v) is 2.58. The van der Waals surface area contributed by atoms with Gasteiger partial charge in [0.15, 0.2) is 0 Å². The van der Waals surface area contributed by atoms with Crippen LogP contribution in [0.3, 0.4) is 0 Å². The largest absolute Gasteiger partial charge is 0.333 e. The molecule has 2 aromatic rings. The van der Waals surface area contributed by atoms with Gasteiger partial charge in [0.2, 0.25) is 5.78 Å². The summed E-state index contributed by atoms with van der Waals surface area (Å²) in [5.74, 6) is -4.18. The van der Waals surface area contributed by atoms with Crippen molar-refractivity contribution in [1.82, 2.24) is 0 Å². The van der Waals surface area contributed by atoms with Crippen LogP contribution in [0.5, 0.6) is 0 Å². The SMILES string of the molecule is O=C(c1ccccc1)C(F)(OF)c1ccccc1. The number of hydrogen-bond acceptors (Lipinski definition) is 2. The van der Waals surface area contributed by atoms with Crippen LogP contribution >= 0.6 is 0 Å². The molecule has 0 spiro atoms. The van der Waals surface area contributed by atoms with Crippen molar-refractivity contribution in [2.45, 2.75) is 5.85 Å². The molecule has 0 aliphatic rings. The van der Waals surface area contributed by atoms with Gasteiger partial charge >= 0.3 is 5.85 Å². The van der Waals surface area contributed by atoms with Crippen molar-refractivity contribution in [3.05, 3.63) is 71.8 Å². The van der Waals surface area contributed by atoms with Crippen LogP contribution in [-0.2, 0) is 10.8 Å². The first-order valence-electron chi connectivity index (χ1n) is 5.32. The summed E-state index contributed by atoms with van der Waals surface area (Å²) in [6, 6.07) is 14.8. The molecule has 0 N–H and O–H groups in total. The third kappa shape index (κ3) is 2.15. The van der Waals surface area contributed by atoms with Crippen LogP contribution in [0.15, 0.2) is 60.7 Å². The lowest BCUT2D eigenvalue weighted by molar-refractivity contribution is -0.272. The van der Waals surface area contributed by atoms with E-state index in [-0.39, 0.29) is 11.1 Å². The average Bonchev–Trinajstić information content (AvgIpc) is 2.47. The molecule has 0 aliphatic heterocycles. The van der Waals surface area contributed by atoms with Gasteiger partial charge in [-0.05, 0) is 4.53 Å². The quantitative estimate of drug-likeness (QED) is 0.773. The van der Waals surface area contributed by atoms with Gasteiger partial charge in [-0.3, -0.25) is 4.79 Å². The summed E-state index contributed by atoms with van der Waals surface area (Å²) in [5.41, 5.74) is -0.136. The first kappa shape index (κ1) is 12.4. The van der Waals surface area contributed by atoms with Crippen molar-refractivity contribution in [2.24, 2.45) is 0 Å². The van der Waals surface area contributed by atoms with Gasteiger partial charge in [-0.15, -0.1) is 4.94 Å². The highest BCUT2D eigenvalue weighted by molar-refractivity contribution is 6.01. The third-order valence-electron chi connectivity index (χ3n) is 2.58. The fourth-order valence-electron chi connectivity index (χ4n) is 1.64.